The lowest BCUT2D eigenvalue weighted by molar-refractivity contribution is 0.0465. The van der Waals surface area contributed by atoms with Gasteiger partial charge in [0.15, 0.2) is 0 Å². The minimum absolute atomic E-state index is 0.0983. The number of aliphatic hydroxyl groups is 1. The molecule has 0 aromatic carbocycles. The minimum atomic E-state index is -0.0983. The van der Waals surface area contributed by atoms with Crippen LogP contribution >= 0.6 is 0 Å². The minimum Gasteiger partial charge on any atom is -0.393 e. The smallest absolute Gasteiger partial charge is 0.0579 e. The molecule has 13 heavy (non-hydrogen) atoms. The lowest BCUT2D eigenvalue weighted by Crippen LogP contribution is -2.10. The van der Waals surface area contributed by atoms with Crippen molar-refractivity contribution >= 4 is 0 Å². The molecule has 78 valence electrons. The van der Waals surface area contributed by atoms with Gasteiger partial charge in [-0.25, -0.2) is 0 Å². The van der Waals surface area contributed by atoms with Crippen LogP contribution in [0, 0.1) is 0 Å². The summed E-state index contributed by atoms with van der Waals surface area (Å²) in [5.74, 6) is 0. The Bertz CT molecular complexity index is 136. The maximum atomic E-state index is 9.34. The summed E-state index contributed by atoms with van der Waals surface area (Å²) in [5, 5.41) is 9.34. The molecule has 0 aliphatic carbocycles. The topological polar surface area (TPSA) is 29.5 Å². The molecule has 0 amide bonds. The zero-order chi connectivity index (χ0) is 9.68. The second-order valence-electron chi connectivity index (χ2n) is 4.14. The van der Waals surface area contributed by atoms with E-state index in [-0.39, 0.29) is 6.10 Å². The fourth-order valence-corrected chi connectivity index (χ4v) is 1.88. The van der Waals surface area contributed by atoms with Gasteiger partial charge in [0.1, 0.15) is 0 Å². The van der Waals surface area contributed by atoms with Crippen molar-refractivity contribution in [3.8, 4) is 0 Å². The van der Waals surface area contributed by atoms with Crippen molar-refractivity contribution in [3.63, 3.8) is 0 Å². The van der Waals surface area contributed by atoms with Crippen LogP contribution in [0.5, 0.6) is 0 Å². The predicted octanol–water partition coefficient (Wildman–Crippen LogP) is 2.50. The van der Waals surface area contributed by atoms with E-state index in [1.54, 1.807) is 0 Å². The van der Waals surface area contributed by atoms with Crippen molar-refractivity contribution < 1.29 is 9.84 Å². The normalized spacial score (nSPS) is 30.7. The Morgan fingerprint density at radius 3 is 2.77 bits per heavy atom. The maximum Gasteiger partial charge on any atom is 0.0579 e. The fraction of sp³-hybridized carbons (Fsp3) is 1.00. The molecule has 3 atom stereocenters. The highest BCUT2D eigenvalue weighted by Gasteiger charge is 2.21. The molecular weight excluding hydrogens is 164 g/mol. The van der Waals surface area contributed by atoms with Gasteiger partial charge in [0.2, 0.25) is 0 Å². The lowest BCUT2D eigenvalue weighted by atomic mass is 10.1. The molecule has 1 saturated heterocycles. The number of rotatable bonds is 5. The van der Waals surface area contributed by atoms with Crippen LogP contribution in [0.4, 0.5) is 0 Å². The van der Waals surface area contributed by atoms with E-state index < -0.39 is 0 Å². The summed E-state index contributed by atoms with van der Waals surface area (Å²) < 4.78 is 5.70. The number of hydrogen-bond acceptors (Lipinski definition) is 2. The Morgan fingerprint density at radius 2 is 2.23 bits per heavy atom. The first-order chi connectivity index (χ1) is 6.22. The second kappa shape index (κ2) is 5.61. The third kappa shape index (κ3) is 4.10. The van der Waals surface area contributed by atoms with Crippen molar-refractivity contribution in [1.29, 1.82) is 0 Å². The molecule has 2 nitrogen and oxygen atoms in total. The molecule has 0 bridgehead atoms. The van der Waals surface area contributed by atoms with E-state index in [0.717, 1.165) is 25.7 Å². The van der Waals surface area contributed by atoms with Gasteiger partial charge in [-0.1, -0.05) is 6.92 Å². The highest BCUT2D eigenvalue weighted by Crippen LogP contribution is 2.23. The molecule has 1 heterocycles. The predicted molar refractivity (Wildman–Crippen MR) is 53.7 cm³/mol. The molecule has 1 aliphatic heterocycles. The molecular formula is C11H22O2. The zero-order valence-corrected chi connectivity index (χ0v) is 8.83. The van der Waals surface area contributed by atoms with Crippen molar-refractivity contribution in [1.82, 2.24) is 0 Å². The van der Waals surface area contributed by atoms with Gasteiger partial charge in [-0.2, -0.15) is 0 Å². The van der Waals surface area contributed by atoms with E-state index in [1.807, 2.05) is 6.92 Å². The summed E-state index contributed by atoms with van der Waals surface area (Å²) in [7, 11) is 0. The Hall–Kier alpha value is -0.0800. The second-order valence-corrected chi connectivity index (χ2v) is 4.14. The van der Waals surface area contributed by atoms with E-state index in [0.29, 0.717) is 12.2 Å². The van der Waals surface area contributed by atoms with Gasteiger partial charge in [-0.05, 0) is 45.4 Å². The van der Waals surface area contributed by atoms with Crippen LogP contribution in [-0.4, -0.2) is 23.4 Å². The summed E-state index contributed by atoms with van der Waals surface area (Å²) in [6.45, 7) is 4.17. The zero-order valence-electron chi connectivity index (χ0n) is 8.83. The van der Waals surface area contributed by atoms with Crippen molar-refractivity contribution in [2.24, 2.45) is 0 Å². The molecule has 0 aromatic heterocycles. The number of ether oxygens (including phenoxy) is 1. The summed E-state index contributed by atoms with van der Waals surface area (Å²) in [6, 6.07) is 0. The first-order valence-electron chi connectivity index (χ1n) is 5.56. The Balaban J connectivity index is 2.00. The van der Waals surface area contributed by atoms with Crippen LogP contribution < -0.4 is 0 Å². The highest BCUT2D eigenvalue weighted by molar-refractivity contribution is 4.70. The number of hydrogen-bond donors (Lipinski definition) is 1. The van der Waals surface area contributed by atoms with Crippen LogP contribution in [0.1, 0.15) is 52.4 Å². The molecule has 0 radical (unpaired) electrons. The quantitative estimate of drug-likeness (QED) is 0.715. The molecule has 1 rings (SSSR count). The maximum absolute atomic E-state index is 9.34. The Morgan fingerprint density at radius 1 is 1.46 bits per heavy atom. The van der Waals surface area contributed by atoms with E-state index in [9.17, 15) is 5.11 Å². The summed E-state index contributed by atoms with van der Waals surface area (Å²) in [5.41, 5.74) is 0. The van der Waals surface area contributed by atoms with Crippen LogP contribution in [0.3, 0.4) is 0 Å². The Kier molecular flexibility index (Phi) is 4.74. The van der Waals surface area contributed by atoms with E-state index in [4.69, 9.17) is 4.74 Å². The van der Waals surface area contributed by atoms with Gasteiger partial charge in [0, 0.05) is 0 Å². The Labute approximate surface area is 81.3 Å². The average Bonchev–Trinajstić information content (AvgIpc) is 2.51. The average molecular weight is 186 g/mol. The molecule has 0 saturated carbocycles. The molecule has 1 N–H and O–H groups in total. The summed E-state index contributed by atoms with van der Waals surface area (Å²) >= 11 is 0. The summed E-state index contributed by atoms with van der Waals surface area (Å²) in [4.78, 5) is 0. The monoisotopic (exact) mass is 186 g/mol. The molecule has 1 fully saturated rings. The van der Waals surface area contributed by atoms with Crippen LogP contribution in [0.15, 0.2) is 0 Å². The molecule has 0 aromatic rings. The first kappa shape index (κ1) is 11.0. The largest absolute Gasteiger partial charge is 0.393 e. The van der Waals surface area contributed by atoms with Crippen molar-refractivity contribution in [3.05, 3.63) is 0 Å². The molecule has 3 unspecified atom stereocenters. The standard InChI is InChI=1S/C11H22O2/c1-3-10(12)5-4-6-11-8-7-9(2)13-11/h9-12H,3-8H2,1-2H3. The van der Waals surface area contributed by atoms with Crippen LogP contribution in [0.2, 0.25) is 0 Å². The third-order valence-electron chi connectivity index (χ3n) is 2.85. The van der Waals surface area contributed by atoms with Gasteiger partial charge >= 0.3 is 0 Å². The van der Waals surface area contributed by atoms with E-state index in [2.05, 4.69) is 6.92 Å². The van der Waals surface area contributed by atoms with Crippen LogP contribution in [0.25, 0.3) is 0 Å². The van der Waals surface area contributed by atoms with Gasteiger partial charge in [0.05, 0.1) is 18.3 Å². The lowest BCUT2D eigenvalue weighted by Gasteiger charge is -2.12. The molecule has 0 spiro atoms. The SMILES string of the molecule is CCC(O)CCCC1CCC(C)O1. The third-order valence-corrected chi connectivity index (χ3v) is 2.85. The van der Waals surface area contributed by atoms with Gasteiger partial charge in [0.25, 0.3) is 0 Å². The molecule has 2 heteroatoms. The van der Waals surface area contributed by atoms with Crippen LogP contribution in [-0.2, 0) is 4.74 Å². The fourth-order valence-electron chi connectivity index (χ4n) is 1.88. The summed E-state index contributed by atoms with van der Waals surface area (Å²) in [6.07, 6.45) is 7.30. The molecule has 1 aliphatic rings. The van der Waals surface area contributed by atoms with Crippen molar-refractivity contribution in [2.75, 3.05) is 0 Å². The highest BCUT2D eigenvalue weighted by atomic mass is 16.5. The van der Waals surface area contributed by atoms with Gasteiger partial charge in [-0.15, -0.1) is 0 Å². The number of aliphatic hydroxyl groups excluding tert-OH is 1. The van der Waals surface area contributed by atoms with E-state index in [1.165, 1.54) is 12.8 Å². The van der Waals surface area contributed by atoms with Crippen molar-refractivity contribution in [2.45, 2.75) is 70.7 Å². The van der Waals surface area contributed by atoms with Gasteiger partial charge < -0.3 is 9.84 Å². The van der Waals surface area contributed by atoms with E-state index >= 15 is 0 Å². The first-order valence-corrected chi connectivity index (χ1v) is 5.56. The van der Waals surface area contributed by atoms with Gasteiger partial charge in [-0.3, -0.25) is 0 Å².